The van der Waals surface area contributed by atoms with Gasteiger partial charge in [-0.3, -0.25) is 9.78 Å². The summed E-state index contributed by atoms with van der Waals surface area (Å²) in [4.78, 5) is 15.9. The van der Waals surface area contributed by atoms with Gasteiger partial charge in [-0.2, -0.15) is 9.41 Å². The van der Waals surface area contributed by atoms with E-state index in [1.807, 2.05) is 6.92 Å². The Hall–Kier alpha value is -2.58. The monoisotopic (exact) mass is 346 g/mol. The maximum absolute atomic E-state index is 12.4. The Bertz CT molecular complexity index is 818. The first-order valence-corrected chi connectivity index (χ1v) is 8.58. The van der Waals surface area contributed by atoms with Gasteiger partial charge in [0.05, 0.1) is 17.7 Å². The molecule has 0 bridgehead atoms. The highest BCUT2D eigenvalue weighted by atomic mass is 32.2. The molecule has 0 aliphatic rings. The van der Waals surface area contributed by atoms with E-state index in [9.17, 15) is 13.2 Å². The molecular formula is C16H18N4O3S. The van der Waals surface area contributed by atoms with Gasteiger partial charge in [0.2, 0.25) is 10.0 Å². The predicted molar refractivity (Wildman–Crippen MR) is 91.0 cm³/mol. The van der Waals surface area contributed by atoms with Crippen LogP contribution in [0.2, 0.25) is 0 Å². The number of hydrogen-bond donors (Lipinski definition) is 1. The molecule has 1 aromatic carbocycles. The molecule has 0 radical (unpaired) electrons. The summed E-state index contributed by atoms with van der Waals surface area (Å²) in [6, 6.07) is 9.96. The van der Waals surface area contributed by atoms with Crippen molar-refractivity contribution in [3.63, 3.8) is 0 Å². The van der Waals surface area contributed by atoms with Crippen molar-refractivity contribution in [3.8, 4) is 0 Å². The lowest BCUT2D eigenvalue weighted by Gasteiger charge is -2.16. The number of carbonyl (C=O) groups is 1. The third-order valence-electron chi connectivity index (χ3n) is 3.18. The molecule has 8 heteroatoms. The molecule has 1 amide bonds. The topological polar surface area (TPSA) is 91.7 Å². The zero-order chi connectivity index (χ0) is 17.6. The average Bonchev–Trinajstić information content (AvgIpc) is 2.56. The Balaban J connectivity index is 1.95. The minimum absolute atomic E-state index is 0.141. The van der Waals surface area contributed by atoms with Crippen LogP contribution in [0.25, 0.3) is 0 Å². The number of nitrogens with zero attached hydrogens (tertiary/aromatic N) is 3. The molecule has 126 valence electrons. The van der Waals surface area contributed by atoms with Crippen molar-refractivity contribution in [2.75, 3.05) is 13.6 Å². The Labute approximate surface area is 141 Å². The highest BCUT2D eigenvalue weighted by Crippen LogP contribution is 2.14. The van der Waals surface area contributed by atoms with Crippen molar-refractivity contribution in [2.45, 2.75) is 11.8 Å². The molecule has 1 heterocycles. The van der Waals surface area contributed by atoms with Crippen molar-refractivity contribution in [1.29, 1.82) is 0 Å². The maximum Gasteiger partial charge on any atom is 0.255 e. The van der Waals surface area contributed by atoms with E-state index < -0.39 is 15.9 Å². The second-order valence-corrected chi connectivity index (χ2v) is 7.20. The number of hydrogen-bond acceptors (Lipinski definition) is 5. The third kappa shape index (κ3) is 4.71. The van der Waals surface area contributed by atoms with Gasteiger partial charge in [0, 0.05) is 25.0 Å². The zero-order valence-electron chi connectivity index (χ0n) is 13.4. The van der Waals surface area contributed by atoms with Gasteiger partial charge >= 0.3 is 0 Å². The number of benzene rings is 1. The molecular weight excluding hydrogens is 328 g/mol. The lowest BCUT2D eigenvalue weighted by molar-refractivity contribution is -0.121. The van der Waals surface area contributed by atoms with Gasteiger partial charge in [-0.25, -0.2) is 13.8 Å². The molecule has 0 aliphatic carbocycles. The van der Waals surface area contributed by atoms with E-state index in [2.05, 4.69) is 15.5 Å². The van der Waals surface area contributed by atoms with Crippen LogP contribution in [-0.4, -0.2) is 43.4 Å². The zero-order valence-corrected chi connectivity index (χ0v) is 14.2. The minimum atomic E-state index is -3.72. The normalized spacial score (nSPS) is 11.8. The molecule has 0 saturated carbocycles. The molecule has 0 unspecified atom stereocenters. The molecule has 0 atom stereocenters. The second-order valence-electron chi connectivity index (χ2n) is 5.15. The number of pyridine rings is 1. The first-order chi connectivity index (χ1) is 11.4. The molecule has 24 heavy (non-hydrogen) atoms. The summed E-state index contributed by atoms with van der Waals surface area (Å²) in [5, 5.41) is 3.77. The van der Waals surface area contributed by atoms with Gasteiger partial charge in [0.15, 0.2) is 0 Å². The fourth-order valence-corrected chi connectivity index (χ4v) is 2.97. The summed E-state index contributed by atoms with van der Waals surface area (Å²) in [6.45, 7) is 1.54. The van der Waals surface area contributed by atoms with E-state index in [1.54, 1.807) is 36.7 Å². The van der Waals surface area contributed by atoms with Crippen LogP contribution in [0.15, 0.2) is 58.8 Å². The van der Waals surface area contributed by atoms with Crippen LogP contribution in [0.5, 0.6) is 0 Å². The Morgan fingerprint density at radius 1 is 1.29 bits per heavy atom. The van der Waals surface area contributed by atoms with Crippen LogP contribution in [0.1, 0.15) is 11.1 Å². The first kappa shape index (κ1) is 17.8. The van der Waals surface area contributed by atoms with Gasteiger partial charge < -0.3 is 0 Å². The number of rotatable bonds is 6. The standard InChI is InChI=1S/C16H18N4O3S/c1-13-5-7-15(8-6-13)24(22,23)20(2)12-16(21)19-18-11-14-4-3-9-17-10-14/h3-11H,12H2,1-2H3,(H,19,21)/b18-11-. The van der Waals surface area contributed by atoms with E-state index in [4.69, 9.17) is 0 Å². The molecule has 1 aromatic heterocycles. The average molecular weight is 346 g/mol. The Morgan fingerprint density at radius 3 is 2.62 bits per heavy atom. The highest BCUT2D eigenvalue weighted by molar-refractivity contribution is 7.89. The van der Waals surface area contributed by atoms with Crippen molar-refractivity contribution >= 4 is 22.1 Å². The van der Waals surface area contributed by atoms with Gasteiger partial charge in [-0.15, -0.1) is 0 Å². The van der Waals surface area contributed by atoms with Crippen LogP contribution in [0.3, 0.4) is 0 Å². The smallest absolute Gasteiger partial charge is 0.255 e. The summed E-state index contributed by atoms with van der Waals surface area (Å²) in [5.41, 5.74) is 3.97. The minimum Gasteiger partial charge on any atom is -0.272 e. The van der Waals surface area contributed by atoms with Crippen molar-refractivity contribution in [3.05, 3.63) is 59.9 Å². The largest absolute Gasteiger partial charge is 0.272 e. The lowest BCUT2D eigenvalue weighted by Crippen LogP contribution is -2.36. The number of likely N-dealkylation sites (N-methyl/N-ethyl adjacent to an activating group) is 1. The van der Waals surface area contributed by atoms with Crippen LogP contribution in [0, 0.1) is 6.92 Å². The quantitative estimate of drug-likeness (QED) is 0.628. The number of aromatic nitrogens is 1. The van der Waals surface area contributed by atoms with Crippen LogP contribution in [-0.2, 0) is 14.8 Å². The van der Waals surface area contributed by atoms with E-state index in [0.717, 1.165) is 15.4 Å². The Kier molecular flexibility index (Phi) is 5.78. The number of aryl methyl sites for hydroxylation is 1. The van der Waals surface area contributed by atoms with Gasteiger partial charge in [-0.05, 0) is 25.1 Å². The van der Waals surface area contributed by atoms with E-state index in [0.29, 0.717) is 0 Å². The van der Waals surface area contributed by atoms with Gasteiger partial charge in [-0.1, -0.05) is 23.8 Å². The summed E-state index contributed by atoms with van der Waals surface area (Å²) >= 11 is 0. The van der Waals surface area contributed by atoms with Crippen LogP contribution in [0.4, 0.5) is 0 Å². The van der Waals surface area contributed by atoms with E-state index in [1.165, 1.54) is 25.4 Å². The summed E-state index contributed by atoms with van der Waals surface area (Å²) < 4.78 is 25.7. The second kappa shape index (κ2) is 7.80. The summed E-state index contributed by atoms with van der Waals surface area (Å²) in [7, 11) is -2.37. The first-order valence-electron chi connectivity index (χ1n) is 7.14. The van der Waals surface area contributed by atoms with Crippen LogP contribution >= 0.6 is 0 Å². The maximum atomic E-state index is 12.4. The molecule has 2 rings (SSSR count). The van der Waals surface area contributed by atoms with Gasteiger partial charge in [0.25, 0.3) is 5.91 Å². The molecule has 0 aliphatic heterocycles. The van der Waals surface area contributed by atoms with Crippen LogP contribution < -0.4 is 5.43 Å². The molecule has 2 aromatic rings. The number of amides is 1. The molecule has 7 nitrogen and oxygen atoms in total. The highest BCUT2D eigenvalue weighted by Gasteiger charge is 2.22. The predicted octanol–water partition coefficient (Wildman–Crippen LogP) is 1.16. The fraction of sp³-hybridized carbons (Fsp3) is 0.188. The lowest BCUT2D eigenvalue weighted by atomic mass is 10.2. The molecule has 0 fully saturated rings. The molecule has 1 N–H and O–H groups in total. The van der Waals surface area contributed by atoms with E-state index in [-0.39, 0.29) is 11.4 Å². The molecule has 0 spiro atoms. The summed E-state index contributed by atoms with van der Waals surface area (Å²) in [5.74, 6) is -0.534. The van der Waals surface area contributed by atoms with E-state index >= 15 is 0 Å². The number of carbonyl (C=O) groups excluding carboxylic acids is 1. The molecule has 0 saturated heterocycles. The van der Waals surface area contributed by atoms with Gasteiger partial charge in [0.1, 0.15) is 0 Å². The SMILES string of the molecule is Cc1ccc(S(=O)(=O)N(C)CC(=O)N/N=C\c2cccnc2)cc1. The van der Waals surface area contributed by atoms with Crippen molar-refractivity contribution in [2.24, 2.45) is 5.10 Å². The van der Waals surface area contributed by atoms with Crippen molar-refractivity contribution < 1.29 is 13.2 Å². The van der Waals surface area contributed by atoms with Crippen molar-refractivity contribution in [1.82, 2.24) is 14.7 Å². The third-order valence-corrected chi connectivity index (χ3v) is 5.00. The Morgan fingerprint density at radius 2 is 2.00 bits per heavy atom. The number of nitrogens with one attached hydrogen (secondary N) is 1. The fourth-order valence-electron chi connectivity index (χ4n) is 1.84. The number of hydrazone groups is 1. The summed E-state index contributed by atoms with van der Waals surface area (Å²) in [6.07, 6.45) is 4.64. The number of sulfonamides is 1.